The molecule has 2 aliphatic carbocycles. The Hall–Kier alpha value is -6.89. The summed E-state index contributed by atoms with van der Waals surface area (Å²) < 4.78 is 0. The van der Waals surface area contributed by atoms with Crippen LogP contribution in [0.5, 0.6) is 0 Å². The Morgan fingerprint density at radius 2 is 0.875 bits per heavy atom. The minimum atomic E-state index is 0.0495. The SMILES string of the molecule is N#Cc1ccc2c(c1)-c1ccc(-c3ccc(-c4ccc(-c5cc(-c6ccc(-c7ccccc7)cc6)nc(-c6ccccc6)n5)cc4)cc3)cc1C21CCCCC1. The van der Waals surface area contributed by atoms with E-state index in [9.17, 15) is 5.26 Å². The molecule has 0 N–H and O–H groups in total. The lowest BCUT2D eigenvalue weighted by molar-refractivity contribution is 0.353. The van der Waals surface area contributed by atoms with Crippen molar-refractivity contribution in [2.75, 3.05) is 0 Å². The topological polar surface area (TPSA) is 49.6 Å². The van der Waals surface area contributed by atoms with Gasteiger partial charge in [-0.2, -0.15) is 5.26 Å². The lowest BCUT2D eigenvalue weighted by Gasteiger charge is -2.36. The van der Waals surface area contributed by atoms with Crippen LogP contribution < -0.4 is 0 Å². The molecule has 1 aromatic heterocycles. The molecule has 10 rings (SSSR count). The second-order valence-electron chi connectivity index (χ2n) is 15.2. The summed E-state index contributed by atoms with van der Waals surface area (Å²) in [7, 11) is 0. The van der Waals surface area contributed by atoms with E-state index in [1.165, 1.54) is 82.2 Å². The number of nitrogens with zero attached hydrogens (tertiary/aromatic N) is 3. The molecule has 56 heavy (non-hydrogen) atoms. The number of hydrogen-bond donors (Lipinski definition) is 0. The summed E-state index contributed by atoms with van der Waals surface area (Å²) in [5.74, 6) is 0.710. The first kappa shape index (κ1) is 33.7. The number of fused-ring (bicyclic) bond motifs is 5. The third-order valence-corrected chi connectivity index (χ3v) is 12.0. The van der Waals surface area contributed by atoms with Crippen molar-refractivity contribution < 1.29 is 0 Å². The van der Waals surface area contributed by atoms with Gasteiger partial charge in [-0.1, -0.05) is 171 Å². The maximum Gasteiger partial charge on any atom is 0.160 e. The summed E-state index contributed by atoms with van der Waals surface area (Å²) in [5.41, 5.74) is 18.2. The van der Waals surface area contributed by atoms with Gasteiger partial charge in [0.15, 0.2) is 5.82 Å². The molecule has 0 saturated heterocycles. The van der Waals surface area contributed by atoms with Gasteiger partial charge < -0.3 is 0 Å². The maximum atomic E-state index is 9.66. The Labute approximate surface area is 328 Å². The second kappa shape index (κ2) is 14.1. The summed E-state index contributed by atoms with van der Waals surface area (Å²) in [6, 6.07) is 64.8. The van der Waals surface area contributed by atoms with E-state index < -0.39 is 0 Å². The predicted octanol–water partition coefficient (Wildman–Crippen LogP) is 13.6. The fourth-order valence-corrected chi connectivity index (χ4v) is 9.06. The standard InChI is InChI=1S/C53H39N3/c54-35-36-14-29-48-47(32-36)46-28-27-45(33-49(46)53(48)30-8-3-9-31-53)41-17-15-39(16-18-41)40-21-25-43(26-22-40)51-34-50(55-52(56-51)44-12-6-2-7-13-44)42-23-19-38(20-24-42)37-10-4-1-5-11-37/h1-2,4-7,10-29,32-34H,3,8-9,30-31H2. The number of rotatable bonds is 6. The van der Waals surface area contributed by atoms with Gasteiger partial charge in [-0.15, -0.1) is 0 Å². The zero-order valence-corrected chi connectivity index (χ0v) is 31.1. The molecule has 0 atom stereocenters. The van der Waals surface area contributed by atoms with Gasteiger partial charge in [0.25, 0.3) is 0 Å². The monoisotopic (exact) mass is 717 g/mol. The van der Waals surface area contributed by atoms with E-state index in [-0.39, 0.29) is 5.41 Å². The van der Waals surface area contributed by atoms with Gasteiger partial charge >= 0.3 is 0 Å². The van der Waals surface area contributed by atoms with Gasteiger partial charge in [0.2, 0.25) is 0 Å². The Balaban J connectivity index is 0.943. The summed E-state index contributed by atoms with van der Waals surface area (Å²) in [6.07, 6.45) is 6.12. The highest BCUT2D eigenvalue weighted by Crippen LogP contribution is 2.56. The van der Waals surface area contributed by atoms with E-state index in [2.05, 4.69) is 152 Å². The lowest BCUT2D eigenvalue weighted by atomic mass is 9.67. The third-order valence-electron chi connectivity index (χ3n) is 12.0. The van der Waals surface area contributed by atoms with Crippen LogP contribution in [-0.2, 0) is 5.41 Å². The molecule has 1 heterocycles. The average Bonchev–Trinajstić information content (AvgIpc) is 3.54. The van der Waals surface area contributed by atoms with Crippen molar-refractivity contribution >= 4 is 0 Å². The van der Waals surface area contributed by atoms with Gasteiger partial charge in [-0.3, -0.25) is 0 Å². The van der Waals surface area contributed by atoms with Gasteiger partial charge in [0.05, 0.1) is 23.0 Å². The average molecular weight is 718 g/mol. The molecular formula is C53H39N3. The molecule has 8 aromatic rings. The molecule has 0 radical (unpaired) electrons. The highest BCUT2D eigenvalue weighted by atomic mass is 14.9. The molecule has 0 aliphatic heterocycles. The third kappa shape index (κ3) is 6.01. The van der Waals surface area contributed by atoms with Crippen molar-refractivity contribution in [3.8, 4) is 84.5 Å². The van der Waals surface area contributed by atoms with Crippen molar-refractivity contribution in [2.24, 2.45) is 0 Å². The van der Waals surface area contributed by atoms with Crippen LogP contribution >= 0.6 is 0 Å². The molecule has 2 aliphatic rings. The fourth-order valence-electron chi connectivity index (χ4n) is 9.06. The van der Waals surface area contributed by atoms with Crippen LogP contribution in [0, 0.1) is 11.3 Å². The van der Waals surface area contributed by atoms with Crippen molar-refractivity contribution in [3.63, 3.8) is 0 Å². The molecule has 3 heteroatoms. The second-order valence-corrected chi connectivity index (χ2v) is 15.2. The van der Waals surface area contributed by atoms with E-state index in [1.807, 2.05) is 30.3 Å². The molecule has 0 unspecified atom stereocenters. The quantitative estimate of drug-likeness (QED) is 0.172. The molecular weight excluding hydrogens is 679 g/mol. The highest BCUT2D eigenvalue weighted by molar-refractivity contribution is 5.85. The summed E-state index contributed by atoms with van der Waals surface area (Å²) in [4.78, 5) is 10.1. The van der Waals surface area contributed by atoms with Gasteiger partial charge in [-0.25, -0.2) is 9.97 Å². The summed E-state index contributed by atoms with van der Waals surface area (Å²) in [6.45, 7) is 0. The number of benzene rings is 7. The van der Waals surface area contributed by atoms with E-state index in [1.54, 1.807) is 0 Å². The minimum Gasteiger partial charge on any atom is -0.228 e. The predicted molar refractivity (Wildman–Crippen MR) is 229 cm³/mol. The lowest BCUT2D eigenvalue weighted by Crippen LogP contribution is -2.28. The van der Waals surface area contributed by atoms with Crippen LogP contribution in [0.15, 0.2) is 176 Å². The summed E-state index contributed by atoms with van der Waals surface area (Å²) >= 11 is 0. The minimum absolute atomic E-state index is 0.0495. The van der Waals surface area contributed by atoms with Crippen LogP contribution in [0.25, 0.3) is 78.4 Å². The number of nitriles is 1. The van der Waals surface area contributed by atoms with Crippen molar-refractivity contribution in [3.05, 3.63) is 193 Å². The fraction of sp³-hybridized carbons (Fsp3) is 0.113. The molecule has 3 nitrogen and oxygen atoms in total. The number of aromatic nitrogens is 2. The Kier molecular flexibility index (Phi) is 8.46. The maximum absolute atomic E-state index is 9.66. The molecule has 1 spiro atoms. The summed E-state index contributed by atoms with van der Waals surface area (Å²) in [5, 5.41) is 9.66. The highest BCUT2D eigenvalue weighted by Gasteiger charge is 2.43. The molecule has 266 valence electrons. The van der Waals surface area contributed by atoms with E-state index in [0.717, 1.165) is 39.2 Å². The first-order chi connectivity index (χ1) is 27.6. The molecule has 7 aromatic carbocycles. The van der Waals surface area contributed by atoms with Crippen LogP contribution in [0.4, 0.5) is 0 Å². The number of hydrogen-bond acceptors (Lipinski definition) is 3. The van der Waals surface area contributed by atoms with E-state index >= 15 is 0 Å². The van der Waals surface area contributed by atoms with Crippen LogP contribution in [0.2, 0.25) is 0 Å². The van der Waals surface area contributed by atoms with Crippen molar-refractivity contribution in [1.29, 1.82) is 5.26 Å². The Morgan fingerprint density at radius 3 is 1.43 bits per heavy atom. The van der Waals surface area contributed by atoms with Crippen LogP contribution in [-0.4, -0.2) is 9.97 Å². The Morgan fingerprint density at radius 1 is 0.393 bits per heavy atom. The first-order valence-electron chi connectivity index (χ1n) is 19.7. The first-order valence-corrected chi connectivity index (χ1v) is 19.7. The van der Waals surface area contributed by atoms with Gasteiger partial charge in [0, 0.05) is 22.1 Å². The van der Waals surface area contributed by atoms with Gasteiger partial charge in [0.1, 0.15) is 0 Å². The zero-order valence-electron chi connectivity index (χ0n) is 31.1. The van der Waals surface area contributed by atoms with E-state index in [0.29, 0.717) is 5.82 Å². The molecule has 0 amide bonds. The van der Waals surface area contributed by atoms with E-state index in [4.69, 9.17) is 9.97 Å². The molecule has 1 saturated carbocycles. The van der Waals surface area contributed by atoms with Gasteiger partial charge in [-0.05, 0) is 92.7 Å². The normalized spacial score (nSPS) is 13.8. The van der Waals surface area contributed by atoms with Crippen LogP contribution in [0.1, 0.15) is 48.8 Å². The smallest absolute Gasteiger partial charge is 0.160 e. The van der Waals surface area contributed by atoms with Crippen molar-refractivity contribution in [2.45, 2.75) is 37.5 Å². The van der Waals surface area contributed by atoms with Crippen molar-refractivity contribution in [1.82, 2.24) is 9.97 Å². The Bertz CT molecular complexity index is 2740. The molecule has 0 bridgehead atoms. The largest absolute Gasteiger partial charge is 0.228 e. The van der Waals surface area contributed by atoms with Crippen LogP contribution in [0.3, 0.4) is 0 Å². The molecule has 1 fully saturated rings. The zero-order chi connectivity index (χ0) is 37.5.